The van der Waals surface area contributed by atoms with Crippen LogP contribution in [0.25, 0.3) is 0 Å². The van der Waals surface area contributed by atoms with Gasteiger partial charge in [0.2, 0.25) is 0 Å². The predicted octanol–water partition coefficient (Wildman–Crippen LogP) is 1.10. The van der Waals surface area contributed by atoms with Gasteiger partial charge in [-0.05, 0) is 28.7 Å². The summed E-state index contributed by atoms with van der Waals surface area (Å²) in [4.78, 5) is 11.2. The van der Waals surface area contributed by atoms with Crippen molar-refractivity contribution in [3.63, 3.8) is 0 Å². The van der Waals surface area contributed by atoms with Gasteiger partial charge in [0.15, 0.2) is 0 Å². The van der Waals surface area contributed by atoms with E-state index < -0.39 is 0 Å². The van der Waals surface area contributed by atoms with Crippen LogP contribution >= 0.6 is 22.6 Å². The molecule has 0 saturated heterocycles. The highest BCUT2D eigenvalue weighted by atomic mass is 127. The van der Waals surface area contributed by atoms with Crippen molar-refractivity contribution in [1.29, 1.82) is 0 Å². The molecule has 0 atom stereocenters. The third-order valence-electron chi connectivity index (χ3n) is 1.49. The molecule has 12 heavy (non-hydrogen) atoms. The summed E-state index contributed by atoms with van der Waals surface area (Å²) in [6, 6.07) is 3.51. The second-order valence-corrected chi connectivity index (χ2v) is 3.62. The summed E-state index contributed by atoms with van der Waals surface area (Å²) in [5.74, 6) is 0. The van der Waals surface area contributed by atoms with Gasteiger partial charge in [-0.25, -0.2) is 0 Å². The van der Waals surface area contributed by atoms with E-state index in [2.05, 4.69) is 22.6 Å². The largest absolute Gasteiger partial charge is 0.383 e. The lowest BCUT2D eigenvalue weighted by molar-refractivity contribution is 0.186. The molecule has 0 aliphatic rings. The number of nitrogens with zero attached hydrogens (tertiary/aromatic N) is 1. The third kappa shape index (κ3) is 2.60. The van der Waals surface area contributed by atoms with Crippen LogP contribution in [0.15, 0.2) is 23.1 Å². The zero-order valence-corrected chi connectivity index (χ0v) is 8.95. The SMILES string of the molecule is COCCn1ccc(I)cc1=O. The maximum Gasteiger partial charge on any atom is 0.251 e. The van der Waals surface area contributed by atoms with Crippen LogP contribution in [-0.2, 0) is 11.3 Å². The minimum Gasteiger partial charge on any atom is -0.383 e. The molecule has 0 bridgehead atoms. The van der Waals surface area contributed by atoms with Crippen molar-refractivity contribution in [2.45, 2.75) is 6.54 Å². The molecule has 0 fully saturated rings. The Morgan fingerprint density at radius 1 is 1.67 bits per heavy atom. The molecule has 66 valence electrons. The molecule has 0 amide bonds. The molecule has 1 heterocycles. The summed E-state index contributed by atoms with van der Waals surface area (Å²) in [7, 11) is 1.62. The first-order valence-corrected chi connectivity index (χ1v) is 4.67. The van der Waals surface area contributed by atoms with Crippen LogP contribution in [0.5, 0.6) is 0 Å². The predicted molar refractivity (Wildman–Crippen MR) is 55.3 cm³/mol. The molecular weight excluding hydrogens is 269 g/mol. The van der Waals surface area contributed by atoms with E-state index in [1.165, 1.54) is 0 Å². The Morgan fingerprint density at radius 2 is 2.42 bits per heavy atom. The van der Waals surface area contributed by atoms with Crippen molar-refractivity contribution in [1.82, 2.24) is 4.57 Å². The minimum absolute atomic E-state index is 0.0268. The van der Waals surface area contributed by atoms with Crippen LogP contribution in [0, 0.1) is 3.57 Å². The van der Waals surface area contributed by atoms with Gasteiger partial charge in [-0.2, -0.15) is 0 Å². The highest BCUT2D eigenvalue weighted by Gasteiger charge is 1.94. The quantitative estimate of drug-likeness (QED) is 0.776. The molecule has 1 rings (SSSR count). The lowest BCUT2D eigenvalue weighted by Gasteiger charge is -2.03. The Kier molecular flexibility index (Phi) is 3.74. The smallest absolute Gasteiger partial charge is 0.251 e. The van der Waals surface area contributed by atoms with Crippen LogP contribution in [0.1, 0.15) is 0 Å². The Bertz CT molecular complexity index is 308. The topological polar surface area (TPSA) is 31.2 Å². The van der Waals surface area contributed by atoms with Crippen molar-refractivity contribution < 1.29 is 4.74 Å². The number of rotatable bonds is 3. The van der Waals surface area contributed by atoms with Gasteiger partial charge in [0.05, 0.1) is 6.61 Å². The van der Waals surface area contributed by atoms with E-state index in [1.54, 1.807) is 23.9 Å². The average Bonchev–Trinajstić information content (AvgIpc) is 2.03. The van der Waals surface area contributed by atoms with E-state index >= 15 is 0 Å². The number of halogens is 1. The molecule has 0 spiro atoms. The second kappa shape index (κ2) is 4.61. The van der Waals surface area contributed by atoms with Crippen molar-refractivity contribution in [3.05, 3.63) is 32.3 Å². The van der Waals surface area contributed by atoms with Gasteiger partial charge in [0, 0.05) is 29.5 Å². The number of aromatic nitrogens is 1. The Hall–Kier alpha value is -0.360. The fourth-order valence-corrected chi connectivity index (χ4v) is 1.29. The maximum absolute atomic E-state index is 11.2. The molecule has 0 unspecified atom stereocenters. The summed E-state index contributed by atoms with van der Waals surface area (Å²) in [6.45, 7) is 1.19. The van der Waals surface area contributed by atoms with Crippen LogP contribution in [0.4, 0.5) is 0 Å². The summed E-state index contributed by atoms with van der Waals surface area (Å²) in [5.41, 5.74) is 0.0268. The van der Waals surface area contributed by atoms with Gasteiger partial charge in [0.25, 0.3) is 5.56 Å². The lowest BCUT2D eigenvalue weighted by Crippen LogP contribution is -2.20. The first kappa shape index (κ1) is 9.73. The third-order valence-corrected chi connectivity index (χ3v) is 2.17. The van der Waals surface area contributed by atoms with Crippen molar-refractivity contribution in [2.24, 2.45) is 0 Å². The van der Waals surface area contributed by atoms with Gasteiger partial charge in [-0.15, -0.1) is 0 Å². The van der Waals surface area contributed by atoms with E-state index in [0.717, 1.165) is 3.57 Å². The summed E-state index contributed by atoms with van der Waals surface area (Å²) in [5, 5.41) is 0. The summed E-state index contributed by atoms with van der Waals surface area (Å²) < 4.78 is 7.46. The molecule has 1 aromatic rings. The highest BCUT2D eigenvalue weighted by molar-refractivity contribution is 14.1. The molecule has 0 radical (unpaired) electrons. The van der Waals surface area contributed by atoms with Crippen LogP contribution < -0.4 is 5.56 Å². The standard InChI is InChI=1S/C8H10INO2/c1-12-5-4-10-3-2-7(9)6-8(10)11/h2-3,6H,4-5H2,1H3. The Morgan fingerprint density at radius 3 is 3.00 bits per heavy atom. The van der Waals surface area contributed by atoms with Crippen LogP contribution in [0.2, 0.25) is 0 Å². The van der Waals surface area contributed by atoms with E-state index in [1.807, 2.05) is 6.07 Å². The van der Waals surface area contributed by atoms with Crippen molar-refractivity contribution in [3.8, 4) is 0 Å². The Balaban J connectivity index is 2.80. The fraction of sp³-hybridized carbons (Fsp3) is 0.375. The highest BCUT2D eigenvalue weighted by Crippen LogP contribution is 1.97. The van der Waals surface area contributed by atoms with Gasteiger partial charge >= 0.3 is 0 Å². The van der Waals surface area contributed by atoms with Gasteiger partial charge in [-0.1, -0.05) is 0 Å². The molecule has 0 aromatic carbocycles. The molecule has 1 aromatic heterocycles. The minimum atomic E-state index is 0.0268. The number of methoxy groups -OCH3 is 1. The molecule has 3 nitrogen and oxygen atoms in total. The van der Waals surface area contributed by atoms with E-state index in [4.69, 9.17) is 4.74 Å². The van der Waals surface area contributed by atoms with Gasteiger partial charge in [-0.3, -0.25) is 4.79 Å². The first-order chi connectivity index (χ1) is 5.74. The zero-order valence-electron chi connectivity index (χ0n) is 6.79. The molecule has 0 N–H and O–H groups in total. The molecule has 0 aliphatic heterocycles. The van der Waals surface area contributed by atoms with E-state index in [-0.39, 0.29) is 5.56 Å². The first-order valence-electron chi connectivity index (χ1n) is 3.59. The summed E-state index contributed by atoms with van der Waals surface area (Å²) in [6.07, 6.45) is 1.78. The van der Waals surface area contributed by atoms with E-state index in [0.29, 0.717) is 13.2 Å². The molecule has 4 heteroatoms. The van der Waals surface area contributed by atoms with Crippen LogP contribution in [-0.4, -0.2) is 18.3 Å². The monoisotopic (exact) mass is 279 g/mol. The molecule has 0 saturated carbocycles. The lowest BCUT2D eigenvalue weighted by atomic mass is 10.4. The van der Waals surface area contributed by atoms with Crippen LogP contribution in [0.3, 0.4) is 0 Å². The number of hydrogen-bond donors (Lipinski definition) is 0. The summed E-state index contributed by atoms with van der Waals surface area (Å²) >= 11 is 2.12. The van der Waals surface area contributed by atoms with Gasteiger partial charge in [0.1, 0.15) is 0 Å². The second-order valence-electron chi connectivity index (χ2n) is 2.37. The number of hydrogen-bond acceptors (Lipinski definition) is 2. The van der Waals surface area contributed by atoms with Gasteiger partial charge < -0.3 is 9.30 Å². The number of ether oxygens (including phenoxy) is 1. The molecular formula is C8H10INO2. The Labute approximate surface area is 84.5 Å². The fourth-order valence-electron chi connectivity index (χ4n) is 0.858. The molecule has 0 aliphatic carbocycles. The number of pyridine rings is 1. The van der Waals surface area contributed by atoms with Crippen molar-refractivity contribution in [2.75, 3.05) is 13.7 Å². The van der Waals surface area contributed by atoms with Crippen molar-refractivity contribution >= 4 is 22.6 Å². The normalized spacial score (nSPS) is 10.2. The zero-order chi connectivity index (χ0) is 8.97. The van der Waals surface area contributed by atoms with E-state index in [9.17, 15) is 4.79 Å². The average molecular weight is 279 g/mol. The maximum atomic E-state index is 11.2.